The van der Waals surface area contributed by atoms with E-state index in [2.05, 4.69) is 0 Å². The smallest absolute Gasteiger partial charge is 0.416 e. The Morgan fingerprint density at radius 1 is 1.12 bits per heavy atom. The number of ether oxygens (including phenoxy) is 1. The van der Waals surface area contributed by atoms with Gasteiger partial charge in [-0.1, -0.05) is 20.8 Å². The highest BCUT2D eigenvalue weighted by atomic mass is 19.4. The molecule has 0 aromatic heterocycles. The number of hydrogen-bond donors (Lipinski definition) is 1. The van der Waals surface area contributed by atoms with Crippen molar-refractivity contribution < 1.29 is 32.6 Å². The molecule has 3 rings (SSSR count). The molecule has 1 aliphatic heterocycles. The maximum absolute atomic E-state index is 13.5. The second-order valence-electron chi connectivity index (χ2n) is 9.33. The lowest BCUT2D eigenvalue weighted by Crippen LogP contribution is -2.37. The average Bonchev–Trinajstić information content (AvgIpc) is 3.14. The van der Waals surface area contributed by atoms with E-state index in [0.717, 1.165) is 12.1 Å². The summed E-state index contributed by atoms with van der Waals surface area (Å²) in [6, 6.07) is 9.41. The van der Waals surface area contributed by atoms with Gasteiger partial charge in [0.2, 0.25) is 5.91 Å². The molecule has 1 atom stereocenters. The number of carbonyl (C=O) groups is 2. The summed E-state index contributed by atoms with van der Waals surface area (Å²) in [6.07, 6.45) is -3.50. The van der Waals surface area contributed by atoms with E-state index in [0.29, 0.717) is 31.4 Å². The van der Waals surface area contributed by atoms with Crippen molar-refractivity contribution in [3.63, 3.8) is 0 Å². The molecule has 184 valence electrons. The maximum atomic E-state index is 13.5. The van der Waals surface area contributed by atoms with Crippen LogP contribution in [0.3, 0.4) is 0 Å². The summed E-state index contributed by atoms with van der Waals surface area (Å²) >= 11 is 0. The monoisotopic (exact) mass is 477 g/mol. The van der Waals surface area contributed by atoms with Gasteiger partial charge in [0.15, 0.2) is 5.78 Å². The van der Waals surface area contributed by atoms with Gasteiger partial charge in [-0.3, -0.25) is 9.59 Å². The molecule has 0 aliphatic carbocycles. The number of rotatable bonds is 8. The minimum Gasteiger partial charge on any atom is -0.457 e. The minimum absolute atomic E-state index is 0.0476. The van der Waals surface area contributed by atoms with Gasteiger partial charge >= 0.3 is 6.18 Å². The summed E-state index contributed by atoms with van der Waals surface area (Å²) in [6.45, 7) is 6.26. The van der Waals surface area contributed by atoms with Gasteiger partial charge in [-0.2, -0.15) is 13.2 Å². The summed E-state index contributed by atoms with van der Waals surface area (Å²) < 4.78 is 46.2. The van der Waals surface area contributed by atoms with E-state index in [1.807, 2.05) is 13.8 Å². The highest BCUT2D eigenvalue weighted by Gasteiger charge is 2.38. The van der Waals surface area contributed by atoms with Gasteiger partial charge in [-0.05, 0) is 66.8 Å². The van der Waals surface area contributed by atoms with Gasteiger partial charge < -0.3 is 14.7 Å². The fourth-order valence-corrected chi connectivity index (χ4v) is 4.32. The summed E-state index contributed by atoms with van der Waals surface area (Å²) in [5.41, 5.74) is -1.21. The fraction of sp³-hybridized carbons (Fsp3) is 0.462. The van der Waals surface area contributed by atoms with E-state index in [1.54, 1.807) is 19.1 Å². The second-order valence-corrected chi connectivity index (χ2v) is 9.33. The molecule has 1 unspecified atom stereocenters. The molecule has 2 aromatic rings. The highest BCUT2D eigenvalue weighted by Crippen LogP contribution is 2.35. The highest BCUT2D eigenvalue weighted by molar-refractivity contribution is 5.95. The van der Waals surface area contributed by atoms with E-state index in [1.165, 1.54) is 23.1 Å². The van der Waals surface area contributed by atoms with Gasteiger partial charge in [0.05, 0.1) is 17.6 Å². The van der Waals surface area contributed by atoms with Crippen LogP contribution in [0.15, 0.2) is 42.5 Å². The van der Waals surface area contributed by atoms with Crippen LogP contribution in [0.1, 0.15) is 61.5 Å². The van der Waals surface area contributed by atoms with E-state index < -0.39 is 17.3 Å². The predicted octanol–water partition coefficient (Wildman–Crippen LogP) is 5.64. The number of hydrogen-bond acceptors (Lipinski definition) is 4. The van der Waals surface area contributed by atoms with Gasteiger partial charge in [0.25, 0.3) is 0 Å². The molecule has 1 amide bonds. The van der Waals surface area contributed by atoms with Crippen LogP contribution >= 0.6 is 0 Å². The molecule has 5 nitrogen and oxygen atoms in total. The van der Waals surface area contributed by atoms with Crippen LogP contribution in [-0.4, -0.2) is 40.4 Å². The molecule has 0 saturated carbocycles. The lowest BCUT2D eigenvalue weighted by Gasteiger charge is -2.25. The molecular formula is C26H30F3NO4. The standard InChI is InChI=1S/C26H30F3NO4/c1-4-23(31)19-5-7-21(8-6-19)34-22-12-18(11-20(14-22)26(27,28)29)13-24(32)30-10-9-25(33,16-30)15-17(2)3/h5-8,11-12,14,17,33H,4,9-10,13,15-16H2,1-3H3. The quantitative estimate of drug-likeness (QED) is 0.500. The summed E-state index contributed by atoms with van der Waals surface area (Å²) in [4.78, 5) is 26.1. The van der Waals surface area contributed by atoms with Crippen molar-refractivity contribution in [2.75, 3.05) is 13.1 Å². The van der Waals surface area contributed by atoms with E-state index in [4.69, 9.17) is 4.74 Å². The van der Waals surface area contributed by atoms with Crippen molar-refractivity contribution in [2.45, 2.75) is 58.2 Å². The van der Waals surface area contributed by atoms with E-state index in [9.17, 15) is 27.9 Å². The number of amides is 1. The van der Waals surface area contributed by atoms with Crippen LogP contribution in [0.5, 0.6) is 11.5 Å². The van der Waals surface area contributed by atoms with Gasteiger partial charge in [0, 0.05) is 25.1 Å². The second kappa shape index (κ2) is 10.2. The zero-order chi connectivity index (χ0) is 25.1. The molecule has 8 heteroatoms. The Morgan fingerprint density at radius 3 is 2.38 bits per heavy atom. The number of nitrogens with zero attached hydrogens (tertiary/aromatic N) is 1. The van der Waals surface area contributed by atoms with Crippen molar-refractivity contribution in [1.82, 2.24) is 4.90 Å². The zero-order valence-electron chi connectivity index (χ0n) is 19.6. The maximum Gasteiger partial charge on any atom is 0.416 e. The van der Waals surface area contributed by atoms with Crippen LogP contribution in [0, 0.1) is 5.92 Å². The number of ketones is 1. The molecular weight excluding hydrogens is 447 g/mol. The Hall–Kier alpha value is -2.87. The number of aliphatic hydroxyl groups is 1. The van der Waals surface area contributed by atoms with E-state index in [-0.39, 0.29) is 47.6 Å². The van der Waals surface area contributed by atoms with Crippen molar-refractivity contribution >= 4 is 11.7 Å². The molecule has 0 radical (unpaired) electrons. The van der Waals surface area contributed by atoms with Gasteiger partial charge in [-0.25, -0.2) is 0 Å². The first kappa shape index (κ1) is 25.7. The van der Waals surface area contributed by atoms with Crippen molar-refractivity contribution in [1.29, 1.82) is 0 Å². The Balaban J connectivity index is 1.78. The van der Waals surface area contributed by atoms with Crippen molar-refractivity contribution in [3.8, 4) is 11.5 Å². The number of likely N-dealkylation sites (tertiary alicyclic amines) is 1. The van der Waals surface area contributed by atoms with Crippen molar-refractivity contribution in [2.24, 2.45) is 5.92 Å². The Labute approximate surface area is 197 Å². The largest absolute Gasteiger partial charge is 0.457 e. The van der Waals surface area contributed by atoms with Crippen LogP contribution in [-0.2, 0) is 17.4 Å². The van der Waals surface area contributed by atoms with Crippen LogP contribution in [0.2, 0.25) is 0 Å². The van der Waals surface area contributed by atoms with Gasteiger partial charge in [-0.15, -0.1) is 0 Å². The summed E-state index contributed by atoms with van der Waals surface area (Å²) in [5.74, 6) is 0.103. The first-order chi connectivity index (χ1) is 15.9. The summed E-state index contributed by atoms with van der Waals surface area (Å²) in [7, 11) is 0. The molecule has 0 bridgehead atoms. The average molecular weight is 478 g/mol. The first-order valence-corrected chi connectivity index (χ1v) is 11.4. The molecule has 1 heterocycles. The topological polar surface area (TPSA) is 66.8 Å². The Bertz CT molecular complexity index is 1030. The number of carbonyl (C=O) groups excluding carboxylic acids is 2. The Morgan fingerprint density at radius 2 is 1.79 bits per heavy atom. The lowest BCUT2D eigenvalue weighted by atomic mass is 9.92. The van der Waals surface area contributed by atoms with Crippen LogP contribution < -0.4 is 4.74 Å². The molecule has 0 spiro atoms. The molecule has 1 fully saturated rings. The van der Waals surface area contributed by atoms with Gasteiger partial charge in [0.1, 0.15) is 11.5 Å². The van der Waals surface area contributed by atoms with Crippen molar-refractivity contribution in [3.05, 3.63) is 59.2 Å². The number of benzene rings is 2. The summed E-state index contributed by atoms with van der Waals surface area (Å²) in [5, 5.41) is 10.7. The SMILES string of the molecule is CCC(=O)c1ccc(Oc2cc(CC(=O)N3CCC(O)(CC(C)C)C3)cc(C(F)(F)F)c2)cc1. The number of alkyl halides is 3. The van der Waals surface area contributed by atoms with Crippen LogP contribution in [0.4, 0.5) is 13.2 Å². The fourth-order valence-electron chi connectivity index (χ4n) is 4.32. The normalized spacial score (nSPS) is 18.4. The predicted molar refractivity (Wildman–Crippen MR) is 122 cm³/mol. The third kappa shape index (κ3) is 6.59. The molecule has 1 saturated heterocycles. The molecule has 34 heavy (non-hydrogen) atoms. The molecule has 2 aromatic carbocycles. The number of Topliss-reactive ketones (excluding diaryl/α,β-unsaturated/α-hetero) is 1. The lowest BCUT2D eigenvalue weighted by molar-refractivity contribution is -0.138. The Kier molecular flexibility index (Phi) is 7.70. The first-order valence-electron chi connectivity index (χ1n) is 11.4. The zero-order valence-corrected chi connectivity index (χ0v) is 19.6. The number of halogens is 3. The molecule has 1 aliphatic rings. The molecule has 1 N–H and O–H groups in total. The third-order valence-electron chi connectivity index (χ3n) is 5.86. The number of β-amino-alcohol motifs (C(OH)–C–C–N with tert-alkyl or cyclic N) is 1. The third-order valence-corrected chi connectivity index (χ3v) is 5.86. The van der Waals surface area contributed by atoms with E-state index >= 15 is 0 Å². The van der Waals surface area contributed by atoms with Crippen LogP contribution in [0.25, 0.3) is 0 Å². The minimum atomic E-state index is -4.61.